The molecular weight excluding hydrogens is 267 g/mol. The van der Waals surface area contributed by atoms with Crippen molar-refractivity contribution in [2.45, 2.75) is 37.9 Å². The summed E-state index contributed by atoms with van der Waals surface area (Å²) in [4.78, 5) is 2.48. The molecular formula is C14H18Cl2N2. The molecule has 3 rings (SSSR count). The van der Waals surface area contributed by atoms with Crippen molar-refractivity contribution in [3.05, 3.63) is 33.8 Å². The van der Waals surface area contributed by atoms with E-state index < -0.39 is 0 Å². The average molecular weight is 285 g/mol. The topological polar surface area (TPSA) is 15.3 Å². The first-order valence-corrected chi connectivity index (χ1v) is 7.39. The number of nitrogens with zero attached hydrogens (tertiary/aromatic N) is 1. The number of likely N-dealkylation sites (tertiary alicyclic amines) is 1. The second-order valence-corrected chi connectivity index (χ2v) is 6.18. The minimum atomic E-state index is 0.652. The van der Waals surface area contributed by atoms with Gasteiger partial charge in [0, 0.05) is 47.3 Å². The maximum absolute atomic E-state index is 6.24. The maximum Gasteiger partial charge on any atom is 0.0465 e. The van der Waals surface area contributed by atoms with Crippen LogP contribution in [0, 0.1) is 0 Å². The Balaban J connectivity index is 1.72. The number of nitrogens with one attached hydrogen (secondary N) is 1. The molecule has 0 radical (unpaired) electrons. The number of rotatable bonds is 2. The van der Waals surface area contributed by atoms with Crippen LogP contribution in [0.3, 0.4) is 0 Å². The van der Waals surface area contributed by atoms with Gasteiger partial charge in [0.25, 0.3) is 0 Å². The zero-order valence-electron chi connectivity index (χ0n) is 10.3. The Morgan fingerprint density at radius 1 is 1.11 bits per heavy atom. The Morgan fingerprint density at radius 3 is 2.61 bits per heavy atom. The van der Waals surface area contributed by atoms with Crippen LogP contribution in [-0.2, 0) is 6.54 Å². The first-order valence-electron chi connectivity index (χ1n) is 6.63. The molecule has 0 aromatic heterocycles. The highest BCUT2D eigenvalue weighted by Crippen LogP contribution is 2.27. The Hall–Kier alpha value is -0.280. The lowest BCUT2D eigenvalue weighted by molar-refractivity contribution is 0.251. The molecule has 0 saturated carbocycles. The van der Waals surface area contributed by atoms with Crippen molar-refractivity contribution < 1.29 is 0 Å². The van der Waals surface area contributed by atoms with Crippen molar-refractivity contribution in [1.82, 2.24) is 10.2 Å². The molecule has 2 saturated heterocycles. The second-order valence-electron chi connectivity index (χ2n) is 5.36. The van der Waals surface area contributed by atoms with Gasteiger partial charge in [0.1, 0.15) is 0 Å². The van der Waals surface area contributed by atoms with Crippen LogP contribution in [0.4, 0.5) is 0 Å². The van der Waals surface area contributed by atoms with Gasteiger partial charge in [0.2, 0.25) is 0 Å². The fourth-order valence-electron chi connectivity index (χ4n) is 3.07. The molecule has 4 heteroatoms. The summed E-state index contributed by atoms with van der Waals surface area (Å²) in [6, 6.07) is 7.12. The van der Waals surface area contributed by atoms with Gasteiger partial charge in [-0.05, 0) is 31.4 Å². The lowest BCUT2D eigenvalue weighted by Crippen LogP contribution is -2.35. The molecule has 18 heavy (non-hydrogen) atoms. The van der Waals surface area contributed by atoms with Gasteiger partial charge in [0.05, 0.1) is 0 Å². The van der Waals surface area contributed by atoms with Gasteiger partial charge in [0.15, 0.2) is 0 Å². The van der Waals surface area contributed by atoms with Crippen molar-refractivity contribution in [2.75, 3.05) is 13.1 Å². The van der Waals surface area contributed by atoms with E-state index in [1.807, 2.05) is 18.2 Å². The van der Waals surface area contributed by atoms with Crippen LogP contribution in [0.5, 0.6) is 0 Å². The largest absolute Gasteiger partial charge is 0.310 e. The monoisotopic (exact) mass is 284 g/mol. The normalized spacial score (nSPS) is 28.3. The maximum atomic E-state index is 6.24. The third-order valence-electron chi connectivity index (χ3n) is 4.05. The molecule has 0 aliphatic carbocycles. The molecule has 2 heterocycles. The fraction of sp³-hybridized carbons (Fsp3) is 0.571. The molecule has 2 aliphatic heterocycles. The summed E-state index contributed by atoms with van der Waals surface area (Å²) in [6.07, 6.45) is 3.88. The lowest BCUT2D eigenvalue weighted by atomic mass is 10.1. The molecule has 2 fully saturated rings. The third kappa shape index (κ3) is 2.67. The summed E-state index contributed by atoms with van der Waals surface area (Å²) in [7, 11) is 0. The van der Waals surface area contributed by atoms with Gasteiger partial charge >= 0.3 is 0 Å². The van der Waals surface area contributed by atoms with Gasteiger partial charge in [-0.1, -0.05) is 29.3 Å². The summed E-state index contributed by atoms with van der Waals surface area (Å²) in [6.45, 7) is 3.11. The molecule has 2 aliphatic rings. The molecule has 1 aromatic carbocycles. The van der Waals surface area contributed by atoms with Gasteiger partial charge in [-0.3, -0.25) is 4.90 Å². The summed E-state index contributed by atoms with van der Waals surface area (Å²) in [5.74, 6) is 0. The molecule has 2 nitrogen and oxygen atoms in total. The minimum Gasteiger partial charge on any atom is -0.310 e. The number of fused-ring (bicyclic) bond motifs is 2. The van der Waals surface area contributed by atoms with Crippen LogP contribution >= 0.6 is 23.2 Å². The fourth-order valence-corrected chi connectivity index (χ4v) is 3.58. The van der Waals surface area contributed by atoms with Gasteiger partial charge < -0.3 is 5.32 Å². The van der Waals surface area contributed by atoms with Gasteiger partial charge in [-0.2, -0.15) is 0 Å². The molecule has 1 aromatic rings. The highest BCUT2D eigenvalue weighted by molar-refractivity contribution is 6.35. The predicted octanol–water partition coefficient (Wildman–Crippen LogP) is 3.32. The Bertz CT molecular complexity index is 416. The van der Waals surface area contributed by atoms with Crippen LogP contribution < -0.4 is 5.32 Å². The zero-order valence-corrected chi connectivity index (χ0v) is 11.8. The quantitative estimate of drug-likeness (QED) is 0.896. The van der Waals surface area contributed by atoms with Crippen molar-refractivity contribution in [1.29, 1.82) is 0 Å². The standard InChI is InChI=1S/C14H18Cl2N2/c15-13-2-1-3-14(16)12(13)9-18-7-6-10-4-5-11(8-18)17-10/h1-3,10-11,17H,4-9H2. The molecule has 98 valence electrons. The van der Waals surface area contributed by atoms with Crippen LogP contribution in [0.1, 0.15) is 24.8 Å². The van der Waals surface area contributed by atoms with Crippen molar-refractivity contribution in [3.63, 3.8) is 0 Å². The van der Waals surface area contributed by atoms with Crippen LogP contribution in [0.25, 0.3) is 0 Å². The highest BCUT2D eigenvalue weighted by atomic mass is 35.5. The second kappa shape index (κ2) is 5.38. The van der Waals surface area contributed by atoms with E-state index >= 15 is 0 Å². The average Bonchev–Trinajstić information content (AvgIpc) is 2.67. The van der Waals surface area contributed by atoms with Crippen LogP contribution in [0.15, 0.2) is 18.2 Å². The van der Waals surface area contributed by atoms with E-state index in [4.69, 9.17) is 23.2 Å². The summed E-state index contributed by atoms with van der Waals surface area (Å²) in [5.41, 5.74) is 1.07. The molecule has 1 N–H and O–H groups in total. The Kier molecular flexibility index (Phi) is 3.81. The van der Waals surface area contributed by atoms with Crippen LogP contribution in [0.2, 0.25) is 10.0 Å². The minimum absolute atomic E-state index is 0.652. The summed E-state index contributed by atoms with van der Waals surface area (Å²) in [5, 5.41) is 5.25. The molecule has 0 spiro atoms. The highest BCUT2D eigenvalue weighted by Gasteiger charge is 2.29. The number of hydrogen-bond acceptors (Lipinski definition) is 2. The van der Waals surface area contributed by atoms with Crippen molar-refractivity contribution in [2.24, 2.45) is 0 Å². The van der Waals surface area contributed by atoms with Crippen molar-refractivity contribution >= 4 is 23.2 Å². The van der Waals surface area contributed by atoms with E-state index in [2.05, 4.69) is 10.2 Å². The number of halogens is 2. The van der Waals surface area contributed by atoms with Crippen LogP contribution in [-0.4, -0.2) is 30.1 Å². The first kappa shape index (κ1) is 12.7. The third-order valence-corrected chi connectivity index (χ3v) is 4.76. The molecule has 2 unspecified atom stereocenters. The van der Waals surface area contributed by atoms with Gasteiger partial charge in [-0.25, -0.2) is 0 Å². The van der Waals surface area contributed by atoms with E-state index in [-0.39, 0.29) is 0 Å². The van der Waals surface area contributed by atoms with Gasteiger partial charge in [-0.15, -0.1) is 0 Å². The van der Waals surface area contributed by atoms with E-state index in [0.717, 1.165) is 41.3 Å². The molecule has 2 bridgehead atoms. The van der Waals surface area contributed by atoms with E-state index in [1.54, 1.807) is 0 Å². The molecule has 2 atom stereocenters. The first-order chi connectivity index (χ1) is 8.72. The zero-order chi connectivity index (χ0) is 12.5. The Labute approximate surface area is 118 Å². The Morgan fingerprint density at radius 2 is 1.83 bits per heavy atom. The molecule has 0 amide bonds. The SMILES string of the molecule is Clc1cccc(Cl)c1CN1CCC2CCC(C1)N2. The number of benzene rings is 1. The number of hydrogen-bond donors (Lipinski definition) is 1. The van der Waals surface area contributed by atoms with Crippen molar-refractivity contribution in [3.8, 4) is 0 Å². The smallest absolute Gasteiger partial charge is 0.0465 e. The predicted molar refractivity (Wildman–Crippen MR) is 76.3 cm³/mol. The van der Waals surface area contributed by atoms with E-state index in [0.29, 0.717) is 6.04 Å². The summed E-state index contributed by atoms with van der Waals surface area (Å²) >= 11 is 12.5. The van der Waals surface area contributed by atoms with E-state index in [1.165, 1.54) is 19.3 Å². The van der Waals surface area contributed by atoms with E-state index in [9.17, 15) is 0 Å². The lowest BCUT2D eigenvalue weighted by Gasteiger charge is -2.24. The summed E-state index contributed by atoms with van der Waals surface area (Å²) < 4.78 is 0.